The van der Waals surface area contributed by atoms with E-state index in [0.29, 0.717) is 6.61 Å². The standard InChI is InChI=1S/C16H19NO2S/c1-20-16-8-2-13(3-9-16)12-17-14-4-6-15(7-5-14)19-11-10-18/h2-9,17-18H,10-12H2,1H3. The monoisotopic (exact) mass is 289 g/mol. The van der Waals surface area contributed by atoms with E-state index < -0.39 is 0 Å². The van der Waals surface area contributed by atoms with E-state index in [-0.39, 0.29) is 6.61 Å². The van der Waals surface area contributed by atoms with Crippen LogP contribution in [-0.4, -0.2) is 24.6 Å². The largest absolute Gasteiger partial charge is 0.491 e. The van der Waals surface area contributed by atoms with E-state index in [2.05, 4.69) is 35.8 Å². The minimum atomic E-state index is 0.0338. The molecule has 3 nitrogen and oxygen atoms in total. The van der Waals surface area contributed by atoms with Gasteiger partial charge in [0.2, 0.25) is 0 Å². The number of hydrogen-bond acceptors (Lipinski definition) is 4. The van der Waals surface area contributed by atoms with Gasteiger partial charge in [0.05, 0.1) is 6.61 Å². The third-order valence-corrected chi connectivity index (χ3v) is 3.61. The highest BCUT2D eigenvalue weighted by atomic mass is 32.2. The highest BCUT2D eigenvalue weighted by Crippen LogP contribution is 2.18. The van der Waals surface area contributed by atoms with E-state index >= 15 is 0 Å². The van der Waals surface area contributed by atoms with Gasteiger partial charge in [0.1, 0.15) is 12.4 Å². The Morgan fingerprint density at radius 1 is 1.05 bits per heavy atom. The zero-order valence-corrected chi connectivity index (χ0v) is 12.3. The molecule has 0 atom stereocenters. The quantitative estimate of drug-likeness (QED) is 0.767. The normalized spacial score (nSPS) is 10.3. The van der Waals surface area contributed by atoms with Gasteiger partial charge in [-0.05, 0) is 48.2 Å². The van der Waals surface area contributed by atoms with Crippen LogP contribution in [0.25, 0.3) is 0 Å². The van der Waals surface area contributed by atoms with E-state index in [1.165, 1.54) is 10.5 Å². The van der Waals surface area contributed by atoms with Crippen LogP contribution in [-0.2, 0) is 6.54 Å². The minimum Gasteiger partial charge on any atom is -0.491 e. The zero-order valence-electron chi connectivity index (χ0n) is 11.5. The maximum absolute atomic E-state index is 8.69. The van der Waals surface area contributed by atoms with E-state index in [9.17, 15) is 0 Å². The Morgan fingerprint density at radius 3 is 2.35 bits per heavy atom. The fraction of sp³-hybridized carbons (Fsp3) is 0.250. The lowest BCUT2D eigenvalue weighted by atomic mass is 10.2. The Hall–Kier alpha value is -1.65. The topological polar surface area (TPSA) is 41.5 Å². The van der Waals surface area contributed by atoms with Crippen LogP contribution >= 0.6 is 11.8 Å². The molecule has 0 aliphatic heterocycles. The molecule has 4 heteroatoms. The fourth-order valence-electron chi connectivity index (χ4n) is 1.78. The van der Waals surface area contributed by atoms with Gasteiger partial charge in [-0.3, -0.25) is 0 Å². The summed E-state index contributed by atoms with van der Waals surface area (Å²) in [6.45, 7) is 1.16. The van der Waals surface area contributed by atoms with E-state index in [4.69, 9.17) is 9.84 Å². The zero-order chi connectivity index (χ0) is 14.2. The molecule has 0 bridgehead atoms. The molecule has 0 fully saturated rings. The molecule has 0 saturated carbocycles. The lowest BCUT2D eigenvalue weighted by Gasteiger charge is -2.09. The second kappa shape index (κ2) is 7.82. The Labute approximate surface area is 124 Å². The number of aliphatic hydroxyl groups is 1. The Balaban J connectivity index is 1.86. The summed E-state index contributed by atoms with van der Waals surface area (Å²) < 4.78 is 5.32. The molecular formula is C16H19NO2S. The van der Waals surface area contributed by atoms with Crippen LogP contribution in [0.5, 0.6) is 5.75 Å². The lowest BCUT2D eigenvalue weighted by molar-refractivity contribution is 0.201. The molecule has 2 N–H and O–H groups in total. The molecule has 0 radical (unpaired) electrons. The number of anilines is 1. The maximum Gasteiger partial charge on any atom is 0.119 e. The number of thioether (sulfide) groups is 1. The second-order valence-corrected chi connectivity index (χ2v) is 5.18. The van der Waals surface area contributed by atoms with Crippen molar-refractivity contribution in [3.05, 3.63) is 54.1 Å². The molecule has 2 aromatic carbocycles. The van der Waals surface area contributed by atoms with Gasteiger partial charge in [-0.15, -0.1) is 11.8 Å². The van der Waals surface area contributed by atoms with Crippen molar-refractivity contribution >= 4 is 17.4 Å². The summed E-state index contributed by atoms with van der Waals surface area (Å²) >= 11 is 1.75. The molecule has 20 heavy (non-hydrogen) atoms. The van der Waals surface area contributed by atoms with Gasteiger partial charge < -0.3 is 15.2 Å². The van der Waals surface area contributed by atoms with Gasteiger partial charge >= 0.3 is 0 Å². The number of aliphatic hydroxyl groups excluding tert-OH is 1. The predicted octanol–water partition coefficient (Wildman–Crippen LogP) is 3.39. The highest BCUT2D eigenvalue weighted by molar-refractivity contribution is 7.98. The van der Waals surface area contributed by atoms with Crippen LogP contribution in [0.1, 0.15) is 5.56 Å². The van der Waals surface area contributed by atoms with E-state index in [1.54, 1.807) is 11.8 Å². The van der Waals surface area contributed by atoms with Gasteiger partial charge in [-0.1, -0.05) is 12.1 Å². The fourth-order valence-corrected chi connectivity index (χ4v) is 2.19. The van der Waals surface area contributed by atoms with Crippen LogP contribution < -0.4 is 10.1 Å². The second-order valence-electron chi connectivity index (χ2n) is 4.30. The van der Waals surface area contributed by atoms with Gasteiger partial charge in [-0.25, -0.2) is 0 Å². The first kappa shape index (κ1) is 14.8. The van der Waals surface area contributed by atoms with Crippen molar-refractivity contribution < 1.29 is 9.84 Å². The Kier molecular flexibility index (Phi) is 5.77. The van der Waals surface area contributed by atoms with Crippen LogP contribution in [0.2, 0.25) is 0 Å². The first-order valence-corrected chi connectivity index (χ1v) is 7.75. The molecule has 0 saturated heterocycles. The summed E-state index contributed by atoms with van der Waals surface area (Å²) in [7, 11) is 0. The lowest BCUT2D eigenvalue weighted by Crippen LogP contribution is -2.02. The first-order chi connectivity index (χ1) is 9.81. The Bertz CT molecular complexity index is 511. The minimum absolute atomic E-state index is 0.0338. The number of rotatable bonds is 7. The van der Waals surface area contributed by atoms with Crippen molar-refractivity contribution in [2.24, 2.45) is 0 Å². The van der Waals surface area contributed by atoms with Crippen LogP contribution in [0.15, 0.2) is 53.4 Å². The van der Waals surface area contributed by atoms with Crippen molar-refractivity contribution in [1.82, 2.24) is 0 Å². The van der Waals surface area contributed by atoms with Crippen LogP contribution in [0, 0.1) is 0 Å². The summed E-state index contributed by atoms with van der Waals surface area (Å²) in [4.78, 5) is 1.28. The van der Waals surface area contributed by atoms with Crippen molar-refractivity contribution in [2.75, 3.05) is 24.8 Å². The van der Waals surface area contributed by atoms with Gasteiger partial charge in [-0.2, -0.15) is 0 Å². The smallest absolute Gasteiger partial charge is 0.119 e. The molecule has 2 aromatic rings. The predicted molar refractivity (Wildman–Crippen MR) is 84.6 cm³/mol. The average Bonchev–Trinajstić information content (AvgIpc) is 2.52. The molecule has 0 aliphatic rings. The Morgan fingerprint density at radius 2 is 1.75 bits per heavy atom. The molecule has 0 aromatic heterocycles. The number of benzene rings is 2. The summed E-state index contributed by atoms with van der Waals surface area (Å²) in [5, 5.41) is 12.1. The molecule has 0 aliphatic carbocycles. The third-order valence-electron chi connectivity index (χ3n) is 2.87. The van der Waals surface area contributed by atoms with Gasteiger partial charge in [0.25, 0.3) is 0 Å². The summed E-state index contributed by atoms with van der Waals surface area (Å²) in [5.74, 6) is 0.772. The van der Waals surface area contributed by atoms with Crippen LogP contribution in [0.3, 0.4) is 0 Å². The van der Waals surface area contributed by atoms with Gasteiger partial charge in [0, 0.05) is 17.1 Å². The number of nitrogens with one attached hydrogen (secondary N) is 1. The van der Waals surface area contributed by atoms with Crippen molar-refractivity contribution in [3.63, 3.8) is 0 Å². The van der Waals surface area contributed by atoms with Crippen LogP contribution in [0.4, 0.5) is 5.69 Å². The summed E-state index contributed by atoms with van der Waals surface area (Å²) in [6.07, 6.45) is 2.08. The van der Waals surface area contributed by atoms with Crippen molar-refractivity contribution in [2.45, 2.75) is 11.4 Å². The molecule has 0 unspecified atom stereocenters. The van der Waals surface area contributed by atoms with Gasteiger partial charge in [0.15, 0.2) is 0 Å². The first-order valence-electron chi connectivity index (χ1n) is 6.52. The van der Waals surface area contributed by atoms with E-state index in [1.807, 2.05) is 24.3 Å². The van der Waals surface area contributed by atoms with E-state index in [0.717, 1.165) is 18.0 Å². The summed E-state index contributed by atoms with van der Waals surface area (Å²) in [5.41, 5.74) is 2.30. The van der Waals surface area contributed by atoms with Crippen molar-refractivity contribution in [3.8, 4) is 5.75 Å². The average molecular weight is 289 g/mol. The summed E-state index contributed by atoms with van der Waals surface area (Å²) in [6, 6.07) is 16.3. The molecule has 106 valence electrons. The highest BCUT2D eigenvalue weighted by Gasteiger charge is 1.97. The molecule has 2 rings (SSSR count). The number of ether oxygens (including phenoxy) is 1. The van der Waals surface area contributed by atoms with Crippen molar-refractivity contribution in [1.29, 1.82) is 0 Å². The number of hydrogen-bond donors (Lipinski definition) is 2. The maximum atomic E-state index is 8.69. The molecule has 0 heterocycles. The SMILES string of the molecule is CSc1ccc(CNc2ccc(OCCO)cc2)cc1. The third kappa shape index (κ3) is 4.47. The molecule has 0 spiro atoms. The molecule has 0 amide bonds. The molecular weight excluding hydrogens is 270 g/mol.